The zero-order valence-corrected chi connectivity index (χ0v) is 7.68. The number of carbonyl (C=O) groups is 1. The molecular formula is C9H16O2. The Kier molecular flexibility index (Phi) is 4.79. The summed E-state index contributed by atoms with van der Waals surface area (Å²) in [5, 5.41) is 0. The van der Waals surface area contributed by atoms with Gasteiger partial charge in [0.2, 0.25) is 0 Å². The van der Waals surface area contributed by atoms with Gasteiger partial charge in [-0.05, 0) is 31.9 Å². The summed E-state index contributed by atoms with van der Waals surface area (Å²) in [4.78, 5) is 10.8. The molecule has 1 unspecified atom stereocenters. The lowest BCUT2D eigenvalue weighted by Crippen LogP contribution is -2.07. The van der Waals surface area contributed by atoms with E-state index in [1.54, 1.807) is 14.0 Å². The third-order valence-corrected chi connectivity index (χ3v) is 1.70. The first-order valence-corrected chi connectivity index (χ1v) is 3.84. The highest BCUT2D eigenvalue weighted by Crippen LogP contribution is 2.03. The van der Waals surface area contributed by atoms with E-state index < -0.39 is 0 Å². The fourth-order valence-electron chi connectivity index (χ4n) is 0.749. The van der Waals surface area contributed by atoms with E-state index in [4.69, 9.17) is 4.74 Å². The quantitative estimate of drug-likeness (QED) is 0.581. The Morgan fingerprint density at radius 1 is 1.55 bits per heavy atom. The summed E-state index contributed by atoms with van der Waals surface area (Å²) in [6.07, 6.45) is 2.85. The van der Waals surface area contributed by atoms with Crippen molar-refractivity contribution in [3.05, 3.63) is 11.6 Å². The molecule has 11 heavy (non-hydrogen) atoms. The second kappa shape index (κ2) is 5.08. The van der Waals surface area contributed by atoms with E-state index in [0.29, 0.717) is 0 Å². The monoisotopic (exact) mass is 156 g/mol. The molecule has 0 aromatic rings. The van der Waals surface area contributed by atoms with E-state index in [0.717, 1.165) is 12.0 Å². The third kappa shape index (κ3) is 3.94. The summed E-state index contributed by atoms with van der Waals surface area (Å²) in [6.45, 7) is 5.40. The Morgan fingerprint density at radius 2 is 2.09 bits per heavy atom. The van der Waals surface area contributed by atoms with Crippen LogP contribution in [0, 0.1) is 0 Å². The lowest BCUT2D eigenvalue weighted by molar-refractivity contribution is -0.113. The zero-order chi connectivity index (χ0) is 8.85. The Labute approximate surface area is 68.2 Å². The van der Waals surface area contributed by atoms with Crippen molar-refractivity contribution in [1.82, 2.24) is 0 Å². The number of allylic oxidation sites excluding steroid dienone is 1. The Bertz CT molecular complexity index is 155. The summed E-state index contributed by atoms with van der Waals surface area (Å²) >= 11 is 0. The lowest BCUT2D eigenvalue weighted by atomic mass is 10.1. The Balaban J connectivity index is 4.14. The fraction of sp³-hybridized carbons (Fsp3) is 0.667. The van der Waals surface area contributed by atoms with Gasteiger partial charge in [0, 0.05) is 7.11 Å². The highest BCUT2D eigenvalue weighted by molar-refractivity contribution is 5.92. The number of ketones is 1. The Morgan fingerprint density at radius 3 is 2.36 bits per heavy atom. The molecule has 0 rings (SSSR count). The molecule has 0 N–H and O–H groups in total. The molecule has 0 aliphatic heterocycles. The predicted octanol–water partition coefficient (Wildman–Crippen LogP) is 1.95. The van der Waals surface area contributed by atoms with E-state index >= 15 is 0 Å². The van der Waals surface area contributed by atoms with E-state index in [9.17, 15) is 4.79 Å². The molecule has 0 radical (unpaired) electrons. The second-order valence-corrected chi connectivity index (χ2v) is 2.59. The van der Waals surface area contributed by atoms with Gasteiger partial charge in [0.25, 0.3) is 0 Å². The second-order valence-electron chi connectivity index (χ2n) is 2.59. The minimum Gasteiger partial charge on any atom is -0.377 e. The number of methoxy groups -OCH3 is 1. The van der Waals surface area contributed by atoms with Crippen molar-refractivity contribution in [2.45, 2.75) is 33.3 Å². The van der Waals surface area contributed by atoms with Crippen LogP contribution in [0.2, 0.25) is 0 Å². The molecule has 0 saturated carbocycles. The first kappa shape index (κ1) is 10.4. The number of hydrogen-bond donors (Lipinski definition) is 0. The van der Waals surface area contributed by atoms with Gasteiger partial charge in [-0.25, -0.2) is 0 Å². The summed E-state index contributed by atoms with van der Waals surface area (Å²) in [6, 6.07) is 0. The number of rotatable bonds is 4. The van der Waals surface area contributed by atoms with Crippen molar-refractivity contribution in [2.24, 2.45) is 0 Å². The first-order valence-electron chi connectivity index (χ1n) is 3.84. The van der Waals surface area contributed by atoms with Crippen LogP contribution in [-0.4, -0.2) is 19.0 Å². The van der Waals surface area contributed by atoms with Gasteiger partial charge in [-0.2, -0.15) is 0 Å². The number of hydrogen-bond acceptors (Lipinski definition) is 2. The standard InChI is InChI=1S/C9H16O2/c1-5-9(11-4)6-7(2)8(3)10/h6,9H,5H2,1-4H3. The van der Waals surface area contributed by atoms with Crippen molar-refractivity contribution < 1.29 is 9.53 Å². The summed E-state index contributed by atoms with van der Waals surface area (Å²) in [7, 11) is 1.65. The minimum atomic E-state index is 0.0823. The molecular weight excluding hydrogens is 140 g/mol. The van der Waals surface area contributed by atoms with E-state index in [1.165, 1.54) is 0 Å². The normalized spacial score (nSPS) is 14.7. The largest absolute Gasteiger partial charge is 0.377 e. The molecule has 0 aliphatic carbocycles. The molecule has 0 aliphatic rings. The van der Waals surface area contributed by atoms with Gasteiger partial charge in [-0.3, -0.25) is 4.79 Å². The molecule has 0 aromatic heterocycles. The maximum absolute atomic E-state index is 10.8. The van der Waals surface area contributed by atoms with Crippen molar-refractivity contribution in [3.8, 4) is 0 Å². The average molecular weight is 156 g/mol. The molecule has 0 heterocycles. The van der Waals surface area contributed by atoms with Crippen LogP contribution in [0.1, 0.15) is 27.2 Å². The van der Waals surface area contributed by atoms with Crippen molar-refractivity contribution in [2.75, 3.05) is 7.11 Å². The molecule has 0 aromatic carbocycles. The maximum Gasteiger partial charge on any atom is 0.155 e. The molecule has 0 spiro atoms. The molecule has 64 valence electrons. The smallest absolute Gasteiger partial charge is 0.155 e. The zero-order valence-electron chi connectivity index (χ0n) is 7.68. The highest BCUT2D eigenvalue weighted by atomic mass is 16.5. The Hall–Kier alpha value is -0.630. The molecule has 0 bridgehead atoms. The van der Waals surface area contributed by atoms with Crippen LogP contribution in [0.3, 0.4) is 0 Å². The van der Waals surface area contributed by atoms with Gasteiger partial charge in [-0.1, -0.05) is 6.92 Å². The van der Waals surface area contributed by atoms with Crippen LogP contribution in [0.25, 0.3) is 0 Å². The highest BCUT2D eigenvalue weighted by Gasteiger charge is 2.02. The molecule has 2 nitrogen and oxygen atoms in total. The third-order valence-electron chi connectivity index (χ3n) is 1.70. The summed E-state index contributed by atoms with van der Waals surface area (Å²) in [5.74, 6) is 0.112. The van der Waals surface area contributed by atoms with Crippen LogP contribution < -0.4 is 0 Å². The molecule has 0 saturated heterocycles. The van der Waals surface area contributed by atoms with Crippen LogP contribution in [0.5, 0.6) is 0 Å². The van der Waals surface area contributed by atoms with Crippen LogP contribution in [0.15, 0.2) is 11.6 Å². The maximum atomic E-state index is 10.8. The van der Waals surface area contributed by atoms with Gasteiger partial charge in [0.15, 0.2) is 5.78 Å². The topological polar surface area (TPSA) is 26.3 Å². The fourth-order valence-corrected chi connectivity index (χ4v) is 0.749. The predicted molar refractivity (Wildman–Crippen MR) is 45.5 cm³/mol. The molecule has 0 amide bonds. The van der Waals surface area contributed by atoms with Crippen LogP contribution in [-0.2, 0) is 9.53 Å². The van der Waals surface area contributed by atoms with Gasteiger partial charge in [-0.15, -0.1) is 0 Å². The molecule has 2 heteroatoms. The minimum absolute atomic E-state index is 0.0823. The van der Waals surface area contributed by atoms with Gasteiger partial charge < -0.3 is 4.74 Å². The van der Waals surface area contributed by atoms with Crippen LogP contribution in [0.4, 0.5) is 0 Å². The number of ether oxygens (including phenoxy) is 1. The van der Waals surface area contributed by atoms with Gasteiger partial charge in [0.05, 0.1) is 6.10 Å². The van der Waals surface area contributed by atoms with Gasteiger partial charge in [0.1, 0.15) is 0 Å². The van der Waals surface area contributed by atoms with E-state index in [1.807, 2.05) is 19.9 Å². The SMILES string of the molecule is CCC(C=C(C)C(C)=O)OC. The van der Waals surface area contributed by atoms with Crippen molar-refractivity contribution in [1.29, 1.82) is 0 Å². The van der Waals surface area contributed by atoms with Crippen LogP contribution >= 0.6 is 0 Å². The van der Waals surface area contributed by atoms with Crippen molar-refractivity contribution >= 4 is 5.78 Å². The molecule has 1 atom stereocenters. The average Bonchev–Trinajstić information content (AvgIpc) is 1.99. The van der Waals surface area contributed by atoms with Gasteiger partial charge >= 0.3 is 0 Å². The summed E-state index contributed by atoms with van der Waals surface area (Å²) in [5.41, 5.74) is 0.777. The van der Waals surface area contributed by atoms with E-state index in [-0.39, 0.29) is 11.9 Å². The number of Topliss-reactive ketones (excluding diaryl/α,β-unsaturated/α-hetero) is 1. The first-order chi connectivity index (χ1) is 5.11. The number of carbonyl (C=O) groups excluding carboxylic acids is 1. The molecule has 0 fully saturated rings. The summed E-state index contributed by atoms with van der Waals surface area (Å²) < 4.78 is 5.09. The van der Waals surface area contributed by atoms with E-state index in [2.05, 4.69) is 0 Å². The lowest BCUT2D eigenvalue weighted by Gasteiger charge is -2.07. The van der Waals surface area contributed by atoms with Crippen molar-refractivity contribution in [3.63, 3.8) is 0 Å².